The Morgan fingerprint density at radius 1 is 1.00 bits per heavy atom. The van der Waals surface area contributed by atoms with Crippen molar-refractivity contribution in [3.8, 4) is 0 Å². The maximum absolute atomic E-state index is 4.15. The maximum Gasteiger partial charge on any atom is 0.0395 e. The molecule has 0 aromatic carbocycles. The number of alkyl halides is 1. The van der Waals surface area contributed by atoms with Crippen molar-refractivity contribution in [3.05, 3.63) is 71.3 Å². The second kappa shape index (κ2) is 8.63. The van der Waals surface area contributed by atoms with Crippen LogP contribution >= 0.6 is 31.9 Å². The lowest BCUT2D eigenvalue weighted by Crippen LogP contribution is -2.09. The lowest BCUT2D eigenvalue weighted by atomic mass is 9.90. The zero-order chi connectivity index (χ0) is 15.1. The van der Waals surface area contributed by atoms with Crippen molar-refractivity contribution in [3.63, 3.8) is 0 Å². The van der Waals surface area contributed by atoms with Crippen molar-refractivity contribution in [1.82, 2.24) is 0 Å². The van der Waals surface area contributed by atoms with Crippen LogP contribution in [-0.2, 0) is 0 Å². The van der Waals surface area contributed by atoms with Crippen molar-refractivity contribution in [2.45, 2.75) is 36.9 Å². The second-order valence-corrected chi connectivity index (χ2v) is 6.95. The Balaban J connectivity index is 0.000000956. The average molecular weight is 398 g/mol. The average Bonchev–Trinajstić information content (AvgIpc) is 2.44. The number of hydrogen-bond donors (Lipinski definition) is 0. The Hall–Kier alpha value is -0.600. The third-order valence-corrected chi connectivity index (χ3v) is 5.23. The summed E-state index contributed by atoms with van der Waals surface area (Å²) in [5, 5.41) is 0. The van der Waals surface area contributed by atoms with Crippen LogP contribution in [0.5, 0.6) is 0 Å². The van der Waals surface area contributed by atoms with Crippen LogP contribution in [0.2, 0.25) is 0 Å². The van der Waals surface area contributed by atoms with Crippen molar-refractivity contribution >= 4 is 31.9 Å². The van der Waals surface area contributed by atoms with Gasteiger partial charge in [0, 0.05) is 9.31 Å². The number of rotatable bonds is 0. The quantitative estimate of drug-likeness (QED) is 0.312. The molecule has 0 aliphatic heterocycles. The molecule has 0 N–H and O–H groups in total. The fourth-order valence-electron chi connectivity index (χ4n) is 2.27. The zero-order valence-electron chi connectivity index (χ0n) is 11.9. The van der Waals surface area contributed by atoms with Crippen LogP contribution in [0.25, 0.3) is 0 Å². The summed E-state index contributed by atoms with van der Waals surface area (Å²) < 4.78 is 1.11. The van der Waals surface area contributed by atoms with Crippen molar-refractivity contribution in [2.75, 3.05) is 0 Å². The summed E-state index contributed by atoms with van der Waals surface area (Å²) >= 11 is 7.40. The number of fused-ring (bicyclic) bond motifs is 8. The molecule has 108 valence electrons. The predicted molar refractivity (Wildman–Crippen MR) is 98.5 cm³/mol. The van der Waals surface area contributed by atoms with Gasteiger partial charge in [-0.2, -0.15) is 0 Å². The van der Waals surface area contributed by atoms with Crippen LogP contribution in [0.1, 0.15) is 32.1 Å². The van der Waals surface area contributed by atoms with Crippen LogP contribution in [0.4, 0.5) is 0 Å². The van der Waals surface area contributed by atoms with E-state index in [0.717, 1.165) is 36.6 Å². The zero-order valence-corrected chi connectivity index (χ0v) is 15.1. The fraction of sp³-hybridized carbons (Fsp3) is 0.333. The fourth-order valence-corrected chi connectivity index (χ4v) is 3.59. The largest absolute Gasteiger partial charge is 0.106 e. The Labute approximate surface area is 140 Å². The lowest BCUT2D eigenvalue weighted by Gasteiger charge is -2.22. The molecular weight excluding hydrogens is 376 g/mol. The molecule has 2 bridgehead atoms. The SMILES string of the molecule is C=C.C=C1/C=C(/Br)C(=C)CCC2=CC=C(CC1)C(Br)C2. The Kier molecular flexibility index (Phi) is 7.53. The standard InChI is InChI=1S/C16H18Br2.C2H4/c1-11-3-7-14-8-6-13(10-16(14)18)5-4-12(2)15(17)9-11;1-2/h6,8-9,16H,1-5,7,10H2;1-2H2/b15-9+;. The van der Waals surface area contributed by atoms with Gasteiger partial charge in [-0.15, -0.1) is 13.2 Å². The smallest absolute Gasteiger partial charge is 0.0395 e. The Bertz CT molecular complexity index is 478. The maximum atomic E-state index is 4.15. The minimum atomic E-state index is 0.505. The number of allylic oxidation sites excluding steroid dienone is 8. The second-order valence-electron chi connectivity index (χ2n) is 4.99. The lowest BCUT2D eigenvalue weighted by molar-refractivity contribution is 0.792. The van der Waals surface area contributed by atoms with E-state index in [1.54, 1.807) is 0 Å². The molecule has 0 aromatic heterocycles. The van der Waals surface area contributed by atoms with E-state index in [-0.39, 0.29) is 0 Å². The van der Waals surface area contributed by atoms with Gasteiger partial charge in [0.25, 0.3) is 0 Å². The van der Waals surface area contributed by atoms with Crippen molar-refractivity contribution < 1.29 is 0 Å². The molecule has 0 fully saturated rings. The van der Waals surface area contributed by atoms with E-state index in [2.05, 4.69) is 76.4 Å². The molecule has 2 heteroatoms. The summed E-state index contributed by atoms with van der Waals surface area (Å²) in [5.41, 5.74) is 5.34. The molecule has 3 rings (SSSR count). The summed E-state index contributed by atoms with van der Waals surface area (Å²) in [6.07, 6.45) is 12.0. The van der Waals surface area contributed by atoms with Crippen LogP contribution < -0.4 is 0 Å². The molecule has 20 heavy (non-hydrogen) atoms. The van der Waals surface area contributed by atoms with Gasteiger partial charge >= 0.3 is 0 Å². The highest BCUT2D eigenvalue weighted by Crippen LogP contribution is 2.34. The summed E-state index contributed by atoms with van der Waals surface area (Å²) in [6.45, 7) is 14.3. The summed E-state index contributed by atoms with van der Waals surface area (Å²) in [4.78, 5) is 0.505. The Morgan fingerprint density at radius 2 is 1.70 bits per heavy atom. The van der Waals surface area contributed by atoms with Crippen molar-refractivity contribution in [2.24, 2.45) is 0 Å². The van der Waals surface area contributed by atoms with Crippen molar-refractivity contribution in [1.29, 1.82) is 0 Å². The number of halogens is 2. The van der Waals surface area contributed by atoms with E-state index in [1.807, 2.05) is 0 Å². The van der Waals surface area contributed by atoms with Crippen LogP contribution in [0.3, 0.4) is 0 Å². The topological polar surface area (TPSA) is 0 Å². The monoisotopic (exact) mass is 396 g/mol. The Morgan fingerprint density at radius 3 is 2.35 bits per heavy atom. The van der Waals surface area contributed by atoms with Gasteiger partial charge in [-0.25, -0.2) is 0 Å². The molecule has 3 aliphatic rings. The van der Waals surface area contributed by atoms with Crippen LogP contribution in [0, 0.1) is 0 Å². The molecule has 1 atom stereocenters. The van der Waals surface area contributed by atoms with Gasteiger partial charge in [0.2, 0.25) is 0 Å². The highest BCUT2D eigenvalue weighted by Gasteiger charge is 2.17. The molecule has 0 saturated heterocycles. The molecule has 1 unspecified atom stereocenters. The van der Waals surface area contributed by atoms with Gasteiger partial charge < -0.3 is 0 Å². The number of hydrogen-bond acceptors (Lipinski definition) is 0. The van der Waals surface area contributed by atoms with E-state index in [9.17, 15) is 0 Å². The van der Waals surface area contributed by atoms with Gasteiger partial charge in [0.15, 0.2) is 0 Å². The summed E-state index contributed by atoms with van der Waals surface area (Å²) in [7, 11) is 0. The molecular formula is C18H22Br2. The van der Waals surface area contributed by atoms with E-state index in [0.29, 0.717) is 4.83 Å². The van der Waals surface area contributed by atoms with E-state index in [4.69, 9.17) is 0 Å². The van der Waals surface area contributed by atoms with Gasteiger partial charge in [-0.1, -0.05) is 73.9 Å². The first-order valence-electron chi connectivity index (χ1n) is 6.82. The molecule has 0 saturated carbocycles. The molecule has 0 amide bonds. The highest BCUT2D eigenvalue weighted by atomic mass is 79.9. The minimum absolute atomic E-state index is 0.505. The first kappa shape index (κ1) is 17.5. The molecule has 0 heterocycles. The van der Waals surface area contributed by atoms with Gasteiger partial charge in [-0.05, 0) is 43.8 Å². The van der Waals surface area contributed by atoms with E-state index >= 15 is 0 Å². The third-order valence-electron chi connectivity index (χ3n) is 3.53. The highest BCUT2D eigenvalue weighted by molar-refractivity contribution is 9.12. The van der Waals surface area contributed by atoms with Gasteiger partial charge in [0.1, 0.15) is 0 Å². The van der Waals surface area contributed by atoms with Crippen LogP contribution in [0.15, 0.2) is 71.3 Å². The summed E-state index contributed by atoms with van der Waals surface area (Å²) in [5.74, 6) is 0. The third kappa shape index (κ3) is 5.06. The normalized spacial score (nSPS) is 26.1. The first-order valence-corrected chi connectivity index (χ1v) is 8.53. The molecule has 0 aromatic rings. The molecule has 0 spiro atoms. The van der Waals surface area contributed by atoms with Gasteiger partial charge in [0.05, 0.1) is 0 Å². The summed E-state index contributed by atoms with van der Waals surface area (Å²) in [6, 6.07) is 0. The van der Waals surface area contributed by atoms with E-state index in [1.165, 1.54) is 22.3 Å². The van der Waals surface area contributed by atoms with Crippen LogP contribution in [-0.4, -0.2) is 4.83 Å². The van der Waals surface area contributed by atoms with E-state index < -0.39 is 0 Å². The first-order chi connectivity index (χ1) is 9.56. The van der Waals surface area contributed by atoms with Gasteiger partial charge in [-0.3, -0.25) is 0 Å². The minimum Gasteiger partial charge on any atom is -0.106 e. The molecule has 0 nitrogen and oxygen atoms in total. The molecule has 3 aliphatic carbocycles. The predicted octanol–water partition coefficient (Wildman–Crippen LogP) is 6.77. The molecule has 0 radical (unpaired) electrons.